The van der Waals surface area contributed by atoms with Crippen molar-refractivity contribution in [1.82, 2.24) is 9.55 Å². The fourth-order valence-corrected chi connectivity index (χ4v) is 2.77. The van der Waals surface area contributed by atoms with E-state index in [0.29, 0.717) is 16.9 Å². The fraction of sp³-hybridized carbons (Fsp3) is 0.0526. The van der Waals surface area contributed by atoms with Crippen LogP contribution in [0.2, 0.25) is 0 Å². The molecule has 0 unspecified atom stereocenters. The molecule has 0 saturated carbocycles. The first-order valence-corrected chi connectivity index (χ1v) is 7.34. The van der Waals surface area contributed by atoms with Gasteiger partial charge in [0, 0.05) is 35.8 Å². The zero-order valence-corrected chi connectivity index (χ0v) is 12.6. The van der Waals surface area contributed by atoms with Crippen LogP contribution in [0.3, 0.4) is 0 Å². The Balaban J connectivity index is 1.80. The fourth-order valence-electron chi connectivity index (χ4n) is 2.77. The number of para-hydroxylation sites is 2. The van der Waals surface area contributed by atoms with Crippen molar-refractivity contribution in [2.75, 3.05) is 0 Å². The minimum Gasteiger partial charge on any atom is -0.438 e. The summed E-state index contributed by atoms with van der Waals surface area (Å²) >= 11 is 0. The van der Waals surface area contributed by atoms with Gasteiger partial charge in [0.15, 0.2) is 0 Å². The van der Waals surface area contributed by atoms with Gasteiger partial charge in [-0.15, -0.1) is 0 Å². The van der Waals surface area contributed by atoms with Crippen LogP contribution >= 0.6 is 0 Å². The molecule has 0 aliphatic heterocycles. The summed E-state index contributed by atoms with van der Waals surface area (Å²) in [5, 5.41) is 1.64. The number of hydrogen-bond acceptors (Lipinski definition) is 3. The normalized spacial score (nSPS) is 11.7. The van der Waals surface area contributed by atoms with Gasteiger partial charge in [-0.2, -0.15) is 4.98 Å². The van der Waals surface area contributed by atoms with Gasteiger partial charge < -0.3 is 8.98 Å². The number of hydrogen-bond donors (Lipinski definition) is 0. The largest absolute Gasteiger partial charge is 0.438 e. The lowest BCUT2D eigenvalue weighted by Gasteiger charge is -1.97. The molecule has 4 nitrogen and oxygen atoms in total. The van der Waals surface area contributed by atoms with Crippen molar-refractivity contribution in [2.24, 2.45) is 7.05 Å². The maximum atomic E-state index is 12.0. The summed E-state index contributed by atoms with van der Waals surface area (Å²) in [6.07, 6.45) is 5.69. The smallest absolute Gasteiger partial charge is 0.284 e. The summed E-state index contributed by atoms with van der Waals surface area (Å²) in [6, 6.07) is 15.3. The van der Waals surface area contributed by atoms with Gasteiger partial charge in [-0.3, -0.25) is 4.79 Å². The third kappa shape index (κ3) is 2.34. The highest BCUT2D eigenvalue weighted by molar-refractivity contribution is 5.91. The van der Waals surface area contributed by atoms with E-state index in [2.05, 4.69) is 21.7 Å². The molecule has 2 heterocycles. The Morgan fingerprint density at radius 3 is 2.61 bits per heavy atom. The molecule has 4 aromatic rings. The van der Waals surface area contributed by atoms with Crippen molar-refractivity contribution < 1.29 is 4.42 Å². The molecule has 2 aromatic heterocycles. The zero-order chi connectivity index (χ0) is 15.8. The molecule has 0 N–H and O–H groups in total. The first kappa shape index (κ1) is 13.5. The average molecular weight is 302 g/mol. The van der Waals surface area contributed by atoms with Crippen molar-refractivity contribution in [3.63, 3.8) is 0 Å². The lowest BCUT2D eigenvalue weighted by Crippen LogP contribution is -2.06. The number of aryl methyl sites for hydroxylation is 1. The average Bonchev–Trinajstić information content (AvgIpc) is 2.90. The van der Waals surface area contributed by atoms with Gasteiger partial charge in [0.2, 0.25) is 5.89 Å². The predicted molar refractivity (Wildman–Crippen MR) is 92.1 cm³/mol. The molecule has 0 radical (unpaired) electrons. The van der Waals surface area contributed by atoms with Crippen molar-refractivity contribution in [3.8, 4) is 0 Å². The van der Waals surface area contributed by atoms with E-state index in [0.717, 1.165) is 16.5 Å². The monoisotopic (exact) mass is 302 g/mol. The van der Waals surface area contributed by atoms with Gasteiger partial charge >= 0.3 is 0 Å². The molecule has 0 fully saturated rings. The standard InChI is InChI=1S/C19H14N2O2/c1-21-12-13(14-6-2-4-8-16(14)21)10-11-18-20-19(22)15-7-3-5-9-17(15)23-18/h2-12H,1H3. The van der Waals surface area contributed by atoms with Gasteiger partial charge in [0.05, 0.1) is 5.39 Å². The summed E-state index contributed by atoms with van der Waals surface area (Å²) < 4.78 is 7.75. The summed E-state index contributed by atoms with van der Waals surface area (Å²) in [7, 11) is 2.01. The zero-order valence-electron chi connectivity index (χ0n) is 12.6. The molecule has 4 rings (SSSR count). The topological polar surface area (TPSA) is 48.0 Å². The molecule has 0 aliphatic carbocycles. The van der Waals surface area contributed by atoms with Crippen molar-refractivity contribution in [3.05, 3.63) is 76.5 Å². The molecule has 4 heteroatoms. The summed E-state index contributed by atoms with van der Waals surface area (Å²) in [5.74, 6) is 0.307. The summed E-state index contributed by atoms with van der Waals surface area (Å²) in [6.45, 7) is 0. The maximum absolute atomic E-state index is 12.0. The Bertz CT molecular complexity index is 1100. The van der Waals surface area contributed by atoms with Crippen LogP contribution in [0.4, 0.5) is 0 Å². The molecule has 0 spiro atoms. The van der Waals surface area contributed by atoms with Crippen LogP contribution in [-0.2, 0) is 7.05 Å². The molecule has 0 atom stereocenters. The maximum Gasteiger partial charge on any atom is 0.284 e. The van der Waals surface area contributed by atoms with Crippen LogP contribution in [0.15, 0.2) is 63.9 Å². The van der Waals surface area contributed by atoms with Crippen LogP contribution < -0.4 is 5.56 Å². The van der Waals surface area contributed by atoms with Gasteiger partial charge in [0.1, 0.15) is 5.58 Å². The van der Waals surface area contributed by atoms with Crippen molar-refractivity contribution >= 4 is 34.0 Å². The summed E-state index contributed by atoms with van der Waals surface area (Å²) in [4.78, 5) is 16.0. The second-order valence-electron chi connectivity index (χ2n) is 5.40. The van der Waals surface area contributed by atoms with Crippen LogP contribution in [0.1, 0.15) is 11.5 Å². The van der Waals surface area contributed by atoms with E-state index in [1.165, 1.54) is 0 Å². The van der Waals surface area contributed by atoms with Crippen LogP contribution in [-0.4, -0.2) is 9.55 Å². The van der Waals surface area contributed by atoms with Gasteiger partial charge in [0.25, 0.3) is 5.56 Å². The van der Waals surface area contributed by atoms with E-state index in [1.807, 2.05) is 37.5 Å². The van der Waals surface area contributed by atoms with Crippen LogP contribution in [0.5, 0.6) is 0 Å². The molecule has 23 heavy (non-hydrogen) atoms. The van der Waals surface area contributed by atoms with Crippen LogP contribution in [0, 0.1) is 0 Å². The van der Waals surface area contributed by atoms with Gasteiger partial charge in [-0.25, -0.2) is 0 Å². The van der Waals surface area contributed by atoms with E-state index in [-0.39, 0.29) is 5.56 Å². The molecular formula is C19H14N2O2. The number of aromatic nitrogens is 2. The highest BCUT2D eigenvalue weighted by Gasteiger charge is 2.05. The molecule has 2 aromatic carbocycles. The third-order valence-electron chi connectivity index (χ3n) is 3.88. The lowest BCUT2D eigenvalue weighted by molar-refractivity contribution is 0.563. The first-order valence-electron chi connectivity index (χ1n) is 7.34. The Labute approximate surface area is 132 Å². The minimum absolute atomic E-state index is 0.274. The Morgan fingerprint density at radius 2 is 1.74 bits per heavy atom. The first-order chi connectivity index (χ1) is 11.2. The van der Waals surface area contributed by atoms with E-state index in [1.54, 1.807) is 24.3 Å². The molecular weight excluding hydrogens is 288 g/mol. The van der Waals surface area contributed by atoms with Crippen molar-refractivity contribution in [2.45, 2.75) is 0 Å². The van der Waals surface area contributed by atoms with Crippen LogP contribution in [0.25, 0.3) is 34.0 Å². The quantitative estimate of drug-likeness (QED) is 0.565. The molecule has 112 valence electrons. The molecule has 0 aliphatic rings. The molecule has 0 saturated heterocycles. The predicted octanol–water partition coefficient (Wildman–Crippen LogP) is 3.85. The van der Waals surface area contributed by atoms with E-state index in [4.69, 9.17) is 4.42 Å². The number of rotatable bonds is 2. The number of fused-ring (bicyclic) bond motifs is 2. The number of nitrogens with zero attached hydrogens (tertiary/aromatic N) is 2. The van der Waals surface area contributed by atoms with E-state index in [9.17, 15) is 4.79 Å². The van der Waals surface area contributed by atoms with E-state index >= 15 is 0 Å². The Hall–Kier alpha value is -3.14. The van der Waals surface area contributed by atoms with Crippen molar-refractivity contribution in [1.29, 1.82) is 0 Å². The van der Waals surface area contributed by atoms with E-state index < -0.39 is 0 Å². The Kier molecular flexibility index (Phi) is 3.08. The highest BCUT2D eigenvalue weighted by atomic mass is 16.3. The second-order valence-corrected chi connectivity index (χ2v) is 5.40. The van der Waals surface area contributed by atoms with Gasteiger partial charge in [-0.1, -0.05) is 30.3 Å². The SMILES string of the molecule is Cn1cc(C=Cc2nc(=O)c3ccccc3o2)c2ccccc21. The minimum atomic E-state index is -0.274. The van der Waals surface area contributed by atoms with Gasteiger partial charge in [-0.05, 0) is 24.3 Å². The lowest BCUT2D eigenvalue weighted by atomic mass is 10.1. The highest BCUT2D eigenvalue weighted by Crippen LogP contribution is 2.22. The molecule has 0 amide bonds. The third-order valence-corrected chi connectivity index (χ3v) is 3.88. The molecule has 0 bridgehead atoms. The second kappa shape index (κ2) is 5.25. The Morgan fingerprint density at radius 1 is 1.00 bits per heavy atom. The summed E-state index contributed by atoms with van der Waals surface area (Å²) in [5.41, 5.74) is 2.48. The number of benzene rings is 2.